The smallest absolute Gasteiger partial charge is 0.163 e. The first-order chi connectivity index (χ1) is 17.8. The predicted molar refractivity (Wildman–Crippen MR) is 140 cm³/mol. The van der Waals surface area contributed by atoms with Crippen LogP contribution in [0.2, 0.25) is 0 Å². The molecule has 0 bridgehead atoms. The van der Waals surface area contributed by atoms with E-state index in [9.17, 15) is 0 Å². The molecule has 3 aromatic carbocycles. The second-order valence-corrected chi connectivity index (χ2v) is 8.99. The van der Waals surface area contributed by atoms with Crippen LogP contribution in [0.1, 0.15) is 23.1 Å². The highest BCUT2D eigenvalue weighted by Crippen LogP contribution is 2.34. The molecule has 0 saturated carbocycles. The minimum absolute atomic E-state index is 0.0673. The molecule has 1 aliphatic rings. The summed E-state index contributed by atoms with van der Waals surface area (Å²) in [6.07, 6.45) is 1.15. The van der Waals surface area contributed by atoms with Gasteiger partial charge >= 0.3 is 0 Å². The number of ether oxygens (including phenoxy) is 5. The third kappa shape index (κ3) is 7.36. The maximum atomic E-state index is 6.57. The first-order valence-electron chi connectivity index (χ1n) is 12.5. The lowest BCUT2D eigenvalue weighted by Crippen LogP contribution is -2.58. The van der Waals surface area contributed by atoms with Crippen LogP contribution in [0.25, 0.3) is 0 Å². The fourth-order valence-electron chi connectivity index (χ4n) is 4.58. The second-order valence-electron chi connectivity index (χ2n) is 8.99. The summed E-state index contributed by atoms with van der Waals surface area (Å²) in [6.45, 7) is 5.74. The standard InChI is InChI=1S/C31H36O5/c1-3-13-27-29(34-21-25-16-9-5-10-17-25)30(35-22-26-18-11-6-12-19-26)28(36-31(27)32-2)23-33-20-24-14-7-4-8-15-24/h3-12,14-19,27-31H,1,13,20-23H2,2H3/t27-,28+,29+,30+,31-/m0/s1. The molecule has 0 aliphatic carbocycles. The Hall–Kier alpha value is -2.80. The van der Waals surface area contributed by atoms with Crippen molar-refractivity contribution in [3.63, 3.8) is 0 Å². The molecule has 0 radical (unpaired) electrons. The normalized spacial score (nSPS) is 23.9. The van der Waals surface area contributed by atoms with Crippen molar-refractivity contribution >= 4 is 0 Å². The van der Waals surface area contributed by atoms with Crippen molar-refractivity contribution in [2.45, 2.75) is 50.8 Å². The lowest BCUT2D eigenvalue weighted by Gasteiger charge is -2.45. The zero-order valence-corrected chi connectivity index (χ0v) is 20.9. The molecular formula is C31H36O5. The van der Waals surface area contributed by atoms with E-state index in [0.29, 0.717) is 32.8 Å². The number of hydrogen-bond donors (Lipinski definition) is 0. The summed E-state index contributed by atoms with van der Waals surface area (Å²) in [5.41, 5.74) is 3.31. The van der Waals surface area contributed by atoms with Gasteiger partial charge in [0.25, 0.3) is 0 Å². The van der Waals surface area contributed by atoms with Crippen molar-refractivity contribution in [3.05, 3.63) is 120 Å². The summed E-state index contributed by atoms with van der Waals surface area (Å²) in [7, 11) is 1.67. The van der Waals surface area contributed by atoms with Crippen LogP contribution in [0.4, 0.5) is 0 Å². The largest absolute Gasteiger partial charge is 0.374 e. The maximum Gasteiger partial charge on any atom is 0.163 e. The molecule has 190 valence electrons. The summed E-state index contributed by atoms with van der Waals surface area (Å²) in [5.74, 6) is -0.0673. The lowest BCUT2D eigenvalue weighted by molar-refractivity contribution is -0.299. The SMILES string of the molecule is C=CC[C@@H]1[C@@H](OC)O[C@H](COCc2ccccc2)[C@@H](OCc2ccccc2)[C@@H]1OCc1ccccc1. The van der Waals surface area contributed by atoms with Gasteiger partial charge in [-0.15, -0.1) is 6.58 Å². The highest BCUT2D eigenvalue weighted by Gasteiger charge is 2.47. The van der Waals surface area contributed by atoms with Gasteiger partial charge in [0.05, 0.1) is 32.5 Å². The average molecular weight is 489 g/mol. The van der Waals surface area contributed by atoms with Crippen LogP contribution >= 0.6 is 0 Å². The van der Waals surface area contributed by atoms with Gasteiger partial charge in [0.1, 0.15) is 12.2 Å². The zero-order valence-electron chi connectivity index (χ0n) is 20.9. The molecule has 1 aliphatic heterocycles. The van der Waals surface area contributed by atoms with Gasteiger partial charge in [-0.2, -0.15) is 0 Å². The number of benzene rings is 3. The second kappa shape index (κ2) is 14.1. The van der Waals surface area contributed by atoms with Crippen LogP contribution in [0.5, 0.6) is 0 Å². The van der Waals surface area contributed by atoms with Gasteiger partial charge in [0.2, 0.25) is 0 Å². The van der Waals surface area contributed by atoms with Crippen LogP contribution in [0, 0.1) is 5.92 Å². The molecule has 0 N–H and O–H groups in total. The average Bonchev–Trinajstić information content (AvgIpc) is 2.93. The maximum absolute atomic E-state index is 6.57. The van der Waals surface area contributed by atoms with Crippen molar-refractivity contribution in [1.29, 1.82) is 0 Å². The van der Waals surface area contributed by atoms with E-state index < -0.39 is 6.29 Å². The third-order valence-corrected chi connectivity index (χ3v) is 6.41. The van der Waals surface area contributed by atoms with E-state index in [0.717, 1.165) is 16.7 Å². The van der Waals surface area contributed by atoms with Crippen LogP contribution < -0.4 is 0 Å². The lowest BCUT2D eigenvalue weighted by atomic mass is 9.88. The highest BCUT2D eigenvalue weighted by atomic mass is 16.7. The molecule has 0 amide bonds. The molecule has 5 atom stereocenters. The van der Waals surface area contributed by atoms with Crippen molar-refractivity contribution in [2.24, 2.45) is 5.92 Å². The zero-order chi connectivity index (χ0) is 25.0. The topological polar surface area (TPSA) is 46.2 Å². The molecule has 5 nitrogen and oxygen atoms in total. The fourth-order valence-corrected chi connectivity index (χ4v) is 4.58. The monoisotopic (exact) mass is 488 g/mol. The Balaban J connectivity index is 1.54. The van der Waals surface area contributed by atoms with Crippen LogP contribution in [0.3, 0.4) is 0 Å². The Bertz CT molecular complexity index is 1010. The van der Waals surface area contributed by atoms with Crippen molar-refractivity contribution < 1.29 is 23.7 Å². The molecule has 5 heteroatoms. The molecule has 0 aromatic heterocycles. The van der Waals surface area contributed by atoms with Crippen molar-refractivity contribution in [2.75, 3.05) is 13.7 Å². The Kier molecular flexibility index (Phi) is 10.3. The fraction of sp³-hybridized carbons (Fsp3) is 0.355. The quantitative estimate of drug-likeness (QED) is 0.279. The van der Waals surface area contributed by atoms with Gasteiger partial charge in [0.15, 0.2) is 6.29 Å². The van der Waals surface area contributed by atoms with E-state index in [1.807, 2.05) is 60.7 Å². The van der Waals surface area contributed by atoms with E-state index in [2.05, 4.69) is 43.0 Å². The first-order valence-corrected chi connectivity index (χ1v) is 12.5. The van der Waals surface area contributed by atoms with E-state index >= 15 is 0 Å². The Morgan fingerprint density at radius 3 is 1.72 bits per heavy atom. The van der Waals surface area contributed by atoms with Crippen LogP contribution in [-0.4, -0.2) is 38.3 Å². The minimum atomic E-state index is -0.453. The third-order valence-electron chi connectivity index (χ3n) is 6.41. The number of methoxy groups -OCH3 is 1. The van der Waals surface area contributed by atoms with E-state index in [1.54, 1.807) is 7.11 Å². The molecule has 0 unspecified atom stereocenters. The van der Waals surface area contributed by atoms with Crippen LogP contribution in [0.15, 0.2) is 104 Å². The van der Waals surface area contributed by atoms with E-state index in [-0.39, 0.29) is 24.2 Å². The summed E-state index contributed by atoms with van der Waals surface area (Å²) in [5, 5.41) is 0. The van der Waals surface area contributed by atoms with Crippen molar-refractivity contribution in [1.82, 2.24) is 0 Å². The molecule has 0 spiro atoms. The van der Waals surface area contributed by atoms with Gasteiger partial charge in [-0.3, -0.25) is 0 Å². The number of allylic oxidation sites excluding steroid dienone is 1. The van der Waals surface area contributed by atoms with Gasteiger partial charge in [0, 0.05) is 13.0 Å². The van der Waals surface area contributed by atoms with E-state index in [4.69, 9.17) is 23.7 Å². The molecule has 1 fully saturated rings. The summed E-state index contributed by atoms with van der Waals surface area (Å²) < 4.78 is 31.4. The van der Waals surface area contributed by atoms with Gasteiger partial charge in [-0.1, -0.05) is 97.1 Å². The predicted octanol–water partition coefficient (Wildman–Crippen LogP) is 5.94. The first kappa shape index (κ1) is 26.3. The van der Waals surface area contributed by atoms with E-state index in [1.165, 1.54) is 0 Å². The van der Waals surface area contributed by atoms with Gasteiger partial charge < -0.3 is 23.7 Å². The summed E-state index contributed by atoms with van der Waals surface area (Å²) in [6, 6.07) is 30.4. The Morgan fingerprint density at radius 2 is 1.22 bits per heavy atom. The summed E-state index contributed by atoms with van der Waals surface area (Å²) >= 11 is 0. The molecule has 36 heavy (non-hydrogen) atoms. The van der Waals surface area contributed by atoms with Crippen LogP contribution in [-0.2, 0) is 43.5 Å². The molecule has 1 saturated heterocycles. The number of rotatable bonds is 13. The molecule has 4 rings (SSSR count). The summed E-state index contributed by atoms with van der Waals surface area (Å²) in [4.78, 5) is 0. The minimum Gasteiger partial charge on any atom is -0.374 e. The Labute approximate surface area is 214 Å². The van der Waals surface area contributed by atoms with Gasteiger partial charge in [-0.25, -0.2) is 0 Å². The Morgan fingerprint density at radius 1 is 0.722 bits per heavy atom. The van der Waals surface area contributed by atoms with Crippen molar-refractivity contribution in [3.8, 4) is 0 Å². The highest BCUT2D eigenvalue weighted by molar-refractivity contribution is 5.15. The molecular weight excluding hydrogens is 452 g/mol. The number of hydrogen-bond acceptors (Lipinski definition) is 5. The molecule has 3 aromatic rings. The molecule has 1 heterocycles. The van der Waals surface area contributed by atoms with Gasteiger partial charge in [-0.05, 0) is 23.1 Å².